The van der Waals surface area contributed by atoms with Gasteiger partial charge < -0.3 is 14.7 Å². The molecule has 1 fully saturated rings. The zero-order chi connectivity index (χ0) is 25.1. The number of carbonyl (C=O) groups is 2. The highest BCUT2D eigenvalue weighted by Gasteiger charge is 2.27. The number of amides is 1. The Labute approximate surface area is 202 Å². The van der Waals surface area contributed by atoms with Crippen LogP contribution in [0.15, 0.2) is 41.3 Å². The molecular formula is C26H25NO7S. The summed E-state index contributed by atoms with van der Waals surface area (Å²) in [6.45, 7) is 4.31. The normalized spacial score (nSPS) is 15.3. The van der Waals surface area contributed by atoms with Gasteiger partial charge in [-0.15, -0.1) is 0 Å². The lowest BCUT2D eigenvalue weighted by Gasteiger charge is -2.30. The van der Waals surface area contributed by atoms with Crippen LogP contribution < -0.4 is 4.74 Å². The third-order valence-corrected chi connectivity index (χ3v) is 7.96. The number of benzene rings is 4. The van der Waals surface area contributed by atoms with E-state index in [0.29, 0.717) is 37.1 Å². The number of carboxylic acid groups (broad SMARTS) is 1. The molecule has 8 nitrogen and oxygen atoms in total. The van der Waals surface area contributed by atoms with Crippen LogP contribution in [0.2, 0.25) is 0 Å². The smallest absolute Gasteiger partial charge is 0.306 e. The van der Waals surface area contributed by atoms with Crippen molar-refractivity contribution in [2.45, 2.75) is 31.6 Å². The molecule has 4 aromatic rings. The van der Waals surface area contributed by atoms with Crippen LogP contribution in [0, 0.1) is 19.8 Å². The average molecular weight is 496 g/mol. The van der Waals surface area contributed by atoms with Crippen molar-refractivity contribution in [1.29, 1.82) is 0 Å². The molecule has 0 aliphatic carbocycles. The third kappa shape index (κ3) is 3.94. The number of aliphatic carboxylic acids is 1. The Balaban J connectivity index is 1.55. The zero-order valence-electron chi connectivity index (χ0n) is 19.4. The first kappa shape index (κ1) is 23.3. The van der Waals surface area contributed by atoms with Gasteiger partial charge in [0.15, 0.2) is 6.61 Å². The van der Waals surface area contributed by atoms with E-state index >= 15 is 0 Å². The maximum Gasteiger partial charge on any atom is 0.306 e. The van der Waals surface area contributed by atoms with E-state index in [-0.39, 0.29) is 17.4 Å². The number of nitrogens with zero attached hydrogens (tertiary/aromatic N) is 1. The summed E-state index contributed by atoms with van der Waals surface area (Å²) in [6, 6.07) is 10.7. The van der Waals surface area contributed by atoms with Gasteiger partial charge in [0.1, 0.15) is 10.6 Å². The van der Waals surface area contributed by atoms with Gasteiger partial charge in [-0.2, -0.15) is 8.42 Å². The summed E-state index contributed by atoms with van der Waals surface area (Å²) in [4.78, 5) is 25.4. The average Bonchev–Trinajstić information content (AvgIpc) is 2.82. The van der Waals surface area contributed by atoms with Crippen LogP contribution in [0.3, 0.4) is 0 Å². The van der Waals surface area contributed by atoms with E-state index in [1.54, 1.807) is 24.0 Å². The lowest BCUT2D eigenvalue weighted by molar-refractivity contribution is -0.146. The SMILES string of the molecule is Cc1cc(OCC(=O)N2CCC(C(=O)O)CC2)c2ccc3c(S(=O)(=O)O)cc(C)c4ccc1c2c43. The minimum atomic E-state index is -4.43. The van der Waals surface area contributed by atoms with Crippen molar-refractivity contribution in [3.8, 4) is 5.75 Å². The summed E-state index contributed by atoms with van der Waals surface area (Å²) in [5.74, 6) is -0.948. The number of ether oxygens (including phenoxy) is 1. The Hall–Kier alpha value is -3.43. The molecule has 0 atom stereocenters. The molecule has 0 radical (unpaired) electrons. The van der Waals surface area contributed by atoms with Gasteiger partial charge in [0.05, 0.1) is 5.92 Å². The number of carboxylic acids is 1. The van der Waals surface area contributed by atoms with Crippen molar-refractivity contribution >= 4 is 54.3 Å². The highest BCUT2D eigenvalue weighted by atomic mass is 32.2. The highest BCUT2D eigenvalue weighted by molar-refractivity contribution is 7.86. The summed E-state index contributed by atoms with van der Waals surface area (Å²) in [6.07, 6.45) is 0.850. The van der Waals surface area contributed by atoms with Crippen molar-refractivity contribution in [2.75, 3.05) is 19.7 Å². The molecule has 4 aromatic carbocycles. The predicted molar refractivity (Wildman–Crippen MR) is 132 cm³/mol. The first-order valence-corrected chi connectivity index (χ1v) is 12.8. The van der Waals surface area contributed by atoms with E-state index in [1.165, 1.54) is 6.07 Å². The molecule has 1 saturated heterocycles. The largest absolute Gasteiger partial charge is 0.483 e. The maximum absolute atomic E-state index is 12.8. The summed E-state index contributed by atoms with van der Waals surface area (Å²) in [5, 5.41) is 13.7. The number of hydrogen-bond acceptors (Lipinski definition) is 5. The van der Waals surface area contributed by atoms with E-state index in [1.807, 2.05) is 25.1 Å². The second-order valence-corrected chi connectivity index (χ2v) is 10.6. The van der Waals surface area contributed by atoms with Gasteiger partial charge in [-0.3, -0.25) is 14.1 Å². The van der Waals surface area contributed by atoms with E-state index in [4.69, 9.17) is 9.84 Å². The minimum absolute atomic E-state index is 0.138. The molecule has 0 saturated carbocycles. The molecule has 0 unspecified atom stereocenters. The van der Waals surface area contributed by atoms with Crippen molar-refractivity contribution in [1.82, 2.24) is 4.90 Å². The van der Waals surface area contributed by atoms with E-state index in [2.05, 4.69) is 0 Å². The van der Waals surface area contributed by atoms with Crippen LogP contribution in [0.4, 0.5) is 0 Å². The Morgan fingerprint density at radius 2 is 1.49 bits per heavy atom. The van der Waals surface area contributed by atoms with Gasteiger partial charge in [0, 0.05) is 29.2 Å². The van der Waals surface area contributed by atoms with Crippen molar-refractivity contribution in [2.24, 2.45) is 5.92 Å². The second-order valence-electron chi connectivity index (χ2n) is 9.21. The Morgan fingerprint density at radius 3 is 2.09 bits per heavy atom. The fourth-order valence-electron chi connectivity index (χ4n) is 5.21. The van der Waals surface area contributed by atoms with Gasteiger partial charge in [-0.25, -0.2) is 0 Å². The Morgan fingerprint density at radius 1 is 0.943 bits per heavy atom. The fraction of sp³-hybridized carbons (Fsp3) is 0.308. The molecule has 182 valence electrons. The molecule has 1 aliphatic rings. The van der Waals surface area contributed by atoms with Gasteiger partial charge in [0.2, 0.25) is 0 Å². The van der Waals surface area contributed by atoms with Crippen molar-refractivity contribution < 1.29 is 32.4 Å². The predicted octanol–water partition coefficient (Wildman–Crippen LogP) is 4.15. The van der Waals surface area contributed by atoms with Crippen LogP contribution in [-0.4, -0.2) is 54.5 Å². The van der Waals surface area contributed by atoms with Crippen molar-refractivity contribution in [3.05, 3.63) is 47.5 Å². The molecule has 35 heavy (non-hydrogen) atoms. The lowest BCUT2D eigenvalue weighted by atomic mass is 9.90. The first-order chi connectivity index (χ1) is 16.6. The number of rotatable bonds is 5. The van der Waals surface area contributed by atoms with Crippen LogP contribution in [0.1, 0.15) is 24.0 Å². The minimum Gasteiger partial charge on any atom is -0.483 e. The standard InChI is InChI=1S/C26H25NO7S/c1-14-11-21(34-13-23(28)27-9-7-16(8-10-27)26(29)30)19-5-6-20-22(35(31,32)33)12-15(2)18-4-3-17(14)24(19)25(18)20/h3-6,11-12,16H,7-10,13H2,1-2H3,(H,29,30)(H,31,32,33). The first-order valence-electron chi connectivity index (χ1n) is 11.4. The molecular weight excluding hydrogens is 470 g/mol. The number of hydrogen-bond donors (Lipinski definition) is 2. The molecule has 1 amide bonds. The van der Waals surface area contributed by atoms with Crippen LogP contribution in [0.25, 0.3) is 32.3 Å². The van der Waals surface area contributed by atoms with E-state index in [9.17, 15) is 22.6 Å². The molecule has 1 heterocycles. The highest BCUT2D eigenvalue weighted by Crippen LogP contribution is 2.43. The quantitative estimate of drug-likeness (QED) is 0.315. The molecule has 0 bridgehead atoms. The van der Waals surface area contributed by atoms with E-state index < -0.39 is 22.0 Å². The lowest BCUT2D eigenvalue weighted by Crippen LogP contribution is -2.42. The van der Waals surface area contributed by atoms with Gasteiger partial charge in [-0.1, -0.05) is 18.2 Å². The Kier molecular flexibility index (Phi) is 5.56. The molecule has 0 aromatic heterocycles. The number of aryl methyl sites for hydroxylation is 2. The molecule has 0 spiro atoms. The zero-order valence-corrected chi connectivity index (χ0v) is 20.2. The Bertz CT molecular complexity index is 1600. The fourth-order valence-corrected chi connectivity index (χ4v) is 5.98. The van der Waals surface area contributed by atoms with Gasteiger partial charge in [-0.05, 0) is 72.2 Å². The van der Waals surface area contributed by atoms with Gasteiger partial charge >= 0.3 is 5.97 Å². The molecule has 5 rings (SSSR count). The number of carbonyl (C=O) groups excluding carboxylic acids is 1. The third-order valence-electron chi connectivity index (χ3n) is 7.06. The van der Waals surface area contributed by atoms with Crippen LogP contribution in [-0.2, 0) is 19.7 Å². The molecule has 9 heteroatoms. The van der Waals surface area contributed by atoms with Gasteiger partial charge in [0.25, 0.3) is 16.0 Å². The van der Waals surface area contributed by atoms with Crippen LogP contribution >= 0.6 is 0 Å². The number of piperidine rings is 1. The topological polar surface area (TPSA) is 121 Å². The molecule has 2 N–H and O–H groups in total. The number of likely N-dealkylation sites (tertiary alicyclic amines) is 1. The van der Waals surface area contributed by atoms with Crippen LogP contribution in [0.5, 0.6) is 5.75 Å². The van der Waals surface area contributed by atoms with Crippen molar-refractivity contribution in [3.63, 3.8) is 0 Å². The summed E-state index contributed by atoms with van der Waals surface area (Å²) < 4.78 is 40.0. The second kappa shape index (κ2) is 8.35. The monoisotopic (exact) mass is 495 g/mol. The summed E-state index contributed by atoms with van der Waals surface area (Å²) in [7, 11) is -4.43. The van der Waals surface area contributed by atoms with E-state index in [0.717, 1.165) is 38.1 Å². The molecule has 1 aliphatic heterocycles. The maximum atomic E-state index is 12.8. The summed E-state index contributed by atoms with van der Waals surface area (Å²) >= 11 is 0. The summed E-state index contributed by atoms with van der Waals surface area (Å²) in [5.41, 5.74) is 1.63.